The smallest absolute Gasteiger partial charge is 0.225 e. The first-order valence-corrected chi connectivity index (χ1v) is 7.27. The zero-order valence-corrected chi connectivity index (χ0v) is 14.0. The van der Waals surface area contributed by atoms with Crippen LogP contribution in [-0.4, -0.2) is 37.1 Å². The number of anilines is 2. The molecular weight excluding hydrogens is 316 g/mol. The number of nitrogens with one attached hydrogen (secondary N) is 1. The lowest BCUT2D eigenvalue weighted by Gasteiger charge is -2.10. The van der Waals surface area contributed by atoms with Crippen molar-refractivity contribution in [2.45, 2.75) is 6.54 Å². The summed E-state index contributed by atoms with van der Waals surface area (Å²) in [5.74, 6) is 1.51. The van der Waals surface area contributed by atoms with Crippen LogP contribution >= 0.6 is 11.6 Å². The number of nitrogens with two attached hydrogens (primary N) is 1. The van der Waals surface area contributed by atoms with Gasteiger partial charge in [-0.2, -0.15) is 0 Å². The van der Waals surface area contributed by atoms with E-state index in [9.17, 15) is 0 Å². The van der Waals surface area contributed by atoms with Crippen LogP contribution in [0.25, 0.3) is 0 Å². The number of ether oxygens (including phenoxy) is 1. The Labute approximate surface area is 140 Å². The van der Waals surface area contributed by atoms with Gasteiger partial charge < -0.3 is 20.7 Å². The molecule has 0 unspecified atom stereocenters. The van der Waals surface area contributed by atoms with Crippen LogP contribution in [0, 0.1) is 0 Å². The fraction of sp³-hybridized carbons (Fsp3) is 0.267. The number of aromatic nitrogens is 2. The molecule has 0 aliphatic carbocycles. The topological polar surface area (TPSA) is 88.7 Å². The summed E-state index contributed by atoms with van der Waals surface area (Å²) in [7, 11) is 5.32. The molecule has 1 heterocycles. The molecule has 23 heavy (non-hydrogen) atoms. The Hall–Kier alpha value is -2.54. The average Bonchev–Trinajstić information content (AvgIpc) is 2.53. The van der Waals surface area contributed by atoms with Crippen molar-refractivity contribution in [1.82, 2.24) is 9.97 Å². The molecule has 0 aliphatic heterocycles. The highest BCUT2D eigenvalue weighted by Crippen LogP contribution is 2.27. The summed E-state index contributed by atoms with van der Waals surface area (Å²) in [4.78, 5) is 14.6. The number of hydrogen-bond acceptors (Lipinski definition) is 5. The highest BCUT2D eigenvalue weighted by atomic mass is 35.5. The maximum absolute atomic E-state index is 6.07. The summed E-state index contributed by atoms with van der Waals surface area (Å²) >= 11 is 6.07. The summed E-state index contributed by atoms with van der Waals surface area (Å²) in [5, 5.41) is 3.47. The molecule has 0 bridgehead atoms. The SMILES string of the molecule is COc1ccc(NC(N)=NCc2ccnc(N(C)C)n2)cc1Cl. The monoisotopic (exact) mass is 334 g/mol. The van der Waals surface area contributed by atoms with Crippen LogP contribution in [0.5, 0.6) is 5.75 Å². The molecule has 0 spiro atoms. The number of guanidine groups is 1. The molecule has 2 aromatic rings. The maximum Gasteiger partial charge on any atom is 0.225 e. The minimum Gasteiger partial charge on any atom is -0.495 e. The average molecular weight is 335 g/mol. The van der Waals surface area contributed by atoms with Gasteiger partial charge in [0.1, 0.15) is 5.75 Å². The molecule has 0 aliphatic rings. The number of methoxy groups -OCH3 is 1. The van der Waals surface area contributed by atoms with Crippen molar-refractivity contribution < 1.29 is 4.74 Å². The Bertz CT molecular complexity index is 704. The van der Waals surface area contributed by atoms with E-state index in [-0.39, 0.29) is 5.96 Å². The van der Waals surface area contributed by atoms with Crippen molar-refractivity contribution in [2.75, 3.05) is 31.4 Å². The first-order chi connectivity index (χ1) is 11.0. The molecule has 1 aromatic heterocycles. The zero-order chi connectivity index (χ0) is 16.8. The highest BCUT2D eigenvalue weighted by Gasteiger charge is 2.04. The van der Waals surface area contributed by atoms with Crippen molar-refractivity contribution in [3.05, 3.63) is 41.2 Å². The van der Waals surface area contributed by atoms with E-state index in [1.807, 2.05) is 25.1 Å². The Morgan fingerprint density at radius 1 is 1.39 bits per heavy atom. The first kappa shape index (κ1) is 16.8. The van der Waals surface area contributed by atoms with Gasteiger partial charge in [0.15, 0.2) is 5.96 Å². The van der Waals surface area contributed by atoms with Gasteiger partial charge in [-0.3, -0.25) is 0 Å². The van der Waals surface area contributed by atoms with E-state index in [2.05, 4.69) is 20.3 Å². The van der Waals surface area contributed by atoms with E-state index in [4.69, 9.17) is 22.1 Å². The lowest BCUT2D eigenvalue weighted by molar-refractivity contribution is 0.415. The normalized spacial score (nSPS) is 11.2. The van der Waals surface area contributed by atoms with E-state index >= 15 is 0 Å². The minimum atomic E-state index is 0.274. The summed E-state index contributed by atoms with van der Waals surface area (Å²) in [5.41, 5.74) is 7.39. The van der Waals surface area contributed by atoms with Crippen LogP contribution in [0.4, 0.5) is 11.6 Å². The van der Waals surface area contributed by atoms with Gasteiger partial charge in [0.25, 0.3) is 0 Å². The van der Waals surface area contributed by atoms with Gasteiger partial charge in [-0.05, 0) is 24.3 Å². The number of rotatable bonds is 5. The van der Waals surface area contributed by atoms with Gasteiger partial charge in [-0.25, -0.2) is 15.0 Å². The fourth-order valence-electron chi connectivity index (χ4n) is 1.79. The quantitative estimate of drug-likeness (QED) is 0.643. The number of benzene rings is 1. The van der Waals surface area contributed by atoms with Crippen LogP contribution in [0.15, 0.2) is 35.5 Å². The van der Waals surface area contributed by atoms with Gasteiger partial charge in [-0.1, -0.05) is 11.6 Å². The highest BCUT2D eigenvalue weighted by molar-refractivity contribution is 6.32. The second-order valence-corrected chi connectivity index (χ2v) is 5.33. The Kier molecular flexibility index (Phi) is 5.59. The Morgan fingerprint density at radius 3 is 2.83 bits per heavy atom. The lowest BCUT2D eigenvalue weighted by Crippen LogP contribution is -2.22. The van der Waals surface area contributed by atoms with E-state index in [0.29, 0.717) is 23.3 Å². The van der Waals surface area contributed by atoms with Gasteiger partial charge in [0, 0.05) is 26.0 Å². The second kappa shape index (κ2) is 7.64. The molecule has 0 fully saturated rings. The lowest BCUT2D eigenvalue weighted by atomic mass is 10.3. The van der Waals surface area contributed by atoms with E-state index in [1.54, 1.807) is 31.5 Å². The number of halogens is 1. The summed E-state index contributed by atoms with van der Waals surface area (Å²) < 4.78 is 5.10. The third-order valence-corrected chi connectivity index (χ3v) is 3.23. The number of aliphatic imine (C=N–C) groups is 1. The van der Waals surface area contributed by atoms with Crippen LogP contribution in [0.3, 0.4) is 0 Å². The van der Waals surface area contributed by atoms with Gasteiger partial charge in [-0.15, -0.1) is 0 Å². The van der Waals surface area contributed by atoms with Crippen LogP contribution in [0.1, 0.15) is 5.69 Å². The van der Waals surface area contributed by atoms with Crippen LogP contribution in [0.2, 0.25) is 5.02 Å². The van der Waals surface area contributed by atoms with Crippen molar-refractivity contribution >= 4 is 29.2 Å². The molecular formula is C15H19ClN6O. The maximum atomic E-state index is 6.07. The summed E-state index contributed by atoms with van der Waals surface area (Å²) in [6.45, 7) is 0.353. The molecule has 7 nitrogen and oxygen atoms in total. The third-order valence-electron chi connectivity index (χ3n) is 2.94. The molecule has 3 N–H and O–H groups in total. The largest absolute Gasteiger partial charge is 0.495 e. The number of hydrogen-bond donors (Lipinski definition) is 2. The second-order valence-electron chi connectivity index (χ2n) is 4.92. The van der Waals surface area contributed by atoms with Gasteiger partial charge in [0.05, 0.1) is 24.4 Å². The summed E-state index contributed by atoms with van der Waals surface area (Å²) in [6, 6.07) is 7.08. The molecule has 122 valence electrons. The van der Waals surface area contributed by atoms with Gasteiger partial charge >= 0.3 is 0 Å². The molecule has 0 atom stereocenters. The molecule has 0 radical (unpaired) electrons. The fourth-order valence-corrected chi connectivity index (χ4v) is 2.04. The van der Waals surface area contributed by atoms with E-state index in [1.165, 1.54) is 0 Å². The molecule has 8 heteroatoms. The third kappa shape index (κ3) is 4.72. The van der Waals surface area contributed by atoms with Crippen molar-refractivity contribution in [1.29, 1.82) is 0 Å². The van der Waals surface area contributed by atoms with Crippen LogP contribution in [-0.2, 0) is 6.54 Å². The molecule has 0 saturated carbocycles. The van der Waals surface area contributed by atoms with Gasteiger partial charge in [0.2, 0.25) is 5.95 Å². The molecule has 1 aromatic carbocycles. The minimum absolute atomic E-state index is 0.274. The van der Waals surface area contributed by atoms with Crippen molar-refractivity contribution in [2.24, 2.45) is 10.7 Å². The summed E-state index contributed by atoms with van der Waals surface area (Å²) in [6.07, 6.45) is 1.69. The van der Waals surface area contributed by atoms with Crippen LogP contribution < -0.4 is 20.7 Å². The standard InChI is InChI=1S/C15H19ClN6O/c1-22(2)15-18-7-6-11(21-15)9-19-14(17)20-10-4-5-13(23-3)12(16)8-10/h4-8H,9H2,1-3H3,(H3,17,19,20). The first-order valence-electron chi connectivity index (χ1n) is 6.89. The van der Waals surface area contributed by atoms with Crippen molar-refractivity contribution in [3.8, 4) is 5.75 Å². The van der Waals surface area contributed by atoms with Crippen molar-refractivity contribution in [3.63, 3.8) is 0 Å². The molecule has 2 rings (SSSR count). The number of nitrogens with zero attached hydrogens (tertiary/aromatic N) is 4. The molecule has 0 amide bonds. The van der Waals surface area contributed by atoms with E-state index < -0.39 is 0 Å². The Balaban J connectivity index is 2.03. The Morgan fingerprint density at radius 2 is 2.17 bits per heavy atom. The predicted molar refractivity (Wildman–Crippen MR) is 93.3 cm³/mol. The van der Waals surface area contributed by atoms with E-state index in [0.717, 1.165) is 11.4 Å². The molecule has 0 saturated heterocycles. The zero-order valence-electron chi connectivity index (χ0n) is 13.2. The predicted octanol–water partition coefficient (Wildman–Crippen LogP) is 2.13.